The van der Waals surface area contributed by atoms with Crippen LogP contribution in [0.25, 0.3) is 6.08 Å². The summed E-state index contributed by atoms with van der Waals surface area (Å²) in [5.74, 6) is 0.204. The molecule has 6 heteroatoms. The number of benzene rings is 1. The summed E-state index contributed by atoms with van der Waals surface area (Å²) >= 11 is 1.48. The first-order chi connectivity index (χ1) is 14.1. The second kappa shape index (κ2) is 10.3. The fraction of sp³-hybridized carbons (Fsp3) is 0.391. The Morgan fingerprint density at radius 3 is 2.69 bits per heavy atom. The molecule has 0 radical (unpaired) electrons. The highest BCUT2D eigenvalue weighted by Crippen LogP contribution is 2.39. The van der Waals surface area contributed by atoms with Crippen LogP contribution >= 0.6 is 11.3 Å². The smallest absolute Gasteiger partial charge is 0.341 e. The molecule has 1 aliphatic carbocycles. The molecule has 29 heavy (non-hydrogen) atoms. The van der Waals surface area contributed by atoms with Crippen LogP contribution < -0.4 is 10.1 Å². The van der Waals surface area contributed by atoms with E-state index < -0.39 is 0 Å². The fourth-order valence-corrected chi connectivity index (χ4v) is 4.53. The number of hydrogen-bond donors (Lipinski definition) is 1. The molecular formula is C23H27NO4S. The van der Waals surface area contributed by atoms with Crippen LogP contribution in [0.15, 0.2) is 30.3 Å². The van der Waals surface area contributed by atoms with E-state index in [2.05, 4.69) is 12.2 Å². The number of unbranched alkanes of at least 4 members (excludes halogenated alkanes) is 1. The number of hydrogen-bond acceptors (Lipinski definition) is 5. The Hall–Kier alpha value is -2.60. The minimum Gasteiger partial charge on any atom is -0.494 e. The summed E-state index contributed by atoms with van der Waals surface area (Å²) in [5.41, 5.74) is 2.47. The highest BCUT2D eigenvalue weighted by molar-refractivity contribution is 7.17. The Morgan fingerprint density at radius 1 is 1.17 bits per heavy atom. The maximum Gasteiger partial charge on any atom is 0.341 e. The number of anilines is 1. The number of ether oxygens (including phenoxy) is 2. The SMILES string of the molecule is CCCCOc1ccc(/C=C/C(=O)Nc2sc3c(c2C(=O)OCC)CCC3)cc1. The van der Waals surface area contributed by atoms with Crippen molar-refractivity contribution in [3.8, 4) is 5.75 Å². The average Bonchev–Trinajstić information content (AvgIpc) is 3.28. The van der Waals surface area contributed by atoms with Gasteiger partial charge in [0, 0.05) is 11.0 Å². The van der Waals surface area contributed by atoms with Gasteiger partial charge in [0.2, 0.25) is 5.91 Å². The summed E-state index contributed by atoms with van der Waals surface area (Å²) in [6.07, 6.45) is 8.20. The molecule has 0 saturated heterocycles. The van der Waals surface area contributed by atoms with Crippen LogP contribution in [0.5, 0.6) is 5.75 Å². The molecule has 5 nitrogen and oxygen atoms in total. The van der Waals surface area contributed by atoms with E-state index in [1.54, 1.807) is 13.0 Å². The lowest BCUT2D eigenvalue weighted by Gasteiger charge is -2.06. The van der Waals surface area contributed by atoms with Gasteiger partial charge in [-0.3, -0.25) is 4.79 Å². The zero-order valence-corrected chi connectivity index (χ0v) is 17.8. The van der Waals surface area contributed by atoms with E-state index in [0.717, 1.165) is 49.0 Å². The minimum absolute atomic E-state index is 0.265. The topological polar surface area (TPSA) is 64.6 Å². The first kappa shape index (κ1) is 21.1. The van der Waals surface area contributed by atoms with Crippen molar-refractivity contribution in [1.82, 2.24) is 0 Å². The van der Waals surface area contributed by atoms with Gasteiger partial charge in [-0.15, -0.1) is 11.3 Å². The Balaban J connectivity index is 1.64. The molecule has 0 unspecified atom stereocenters. The predicted molar refractivity (Wildman–Crippen MR) is 117 cm³/mol. The molecule has 1 amide bonds. The Labute approximate surface area is 175 Å². The number of aryl methyl sites for hydroxylation is 1. The fourth-order valence-electron chi connectivity index (χ4n) is 3.25. The minimum atomic E-state index is -0.357. The van der Waals surface area contributed by atoms with Crippen molar-refractivity contribution in [1.29, 1.82) is 0 Å². The van der Waals surface area contributed by atoms with E-state index >= 15 is 0 Å². The second-order valence-corrected chi connectivity index (χ2v) is 7.98. The van der Waals surface area contributed by atoms with E-state index in [1.165, 1.54) is 22.3 Å². The van der Waals surface area contributed by atoms with Gasteiger partial charge < -0.3 is 14.8 Å². The van der Waals surface area contributed by atoms with Gasteiger partial charge in [-0.1, -0.05) is 25.5 Å². The summed E-state index contributed by atoms with van der Waals surface area (Å²) in [6, 6.07) is 7.62. The maximum atomic E-state index is 12.4. The summed E-state index contributed by atoms with van der Waals surface area (Å²) < 4.78 is 10.8. The standard InChI is InChI=1S/C23H27NO4S/c1-3-5-15-28-17-12-9-16(10-13-17)11-14-20(25)24-22-21(23(26)27-4-2)18-7-6-8-19(18)29-22/h9-14H,3-8,15H2,1-2H3,(H,24,25)/b14-11+. The lowest BCUT2D eigenvalue weighted by Crippen LogP contribution is -2.13. The Morgan fingerprint density at radius 2 is 1.97 bits per heavy atom. The molecule has 0 saturated carbocycles. The lowest BCUT2D eigenvalue weighted by molar-refractivity contribution is -0.111. The molecule has 3 rings (SSSR count). The third-order valence-corrected chi connectivity index (χ3v) is 5.92. The van der Waals surface area contributed by atoms with E-state index in [-0.39, 0.29) is 11.9 Å². The van der Waals surface area contributed by atoms with E-state index in [1.807, 2.05) is 24.3 Å². The molecule has 0 spiro atoms. The van der Waals surface area contributed by atoms with Crippen molar-refractivity contribution in [2.75, 3.05) is 18.5 Å². The van der Waals surface area contributed by atoms with Gasteiger partial charge >= 0.3 is 5.97 Å². The third-order valence-electron chi connectivity index (χ3n) is 4.71. The molecule has 154 valence electrons. The zero-order valence-electron chi connectivity index (χ0n) is 17.0. The van der Waals surface area contributed by atoms with Crippen LogP contribution in [0.4, 0.5) is 5.00 Å². The van der Waals surface area contributed by atoms with Crippen molar-refractivity contribution in [2.24, 2.45) is 0 Å². The first-order valence-corrected chi connectivity index (χ1v) is 11.0. The molecule has 1 aliphatic rings. The van der Waals surface area contributed by atoms with E-state index in [9.17, 15) is 9.59 Å². The van der Waals surface area contributed by atoms with Crippen LogP contribution in [0.1, 0.15) is 59.5 Å². The van der Waals surface area contributed by atoms with Gasteiger partial charge in [0.1, 0.15) is 10.8 Å². The van der Waals surface area contributed by atoms with Gasteiger partial charge in [-0.2, -0.15) is 0 Å². The molecule has 0 fully saturated rings. The van der Waals surface area contributed by atoms with Crippen molar-refractivity contribution in [2.45, 2.75) is 46.0 Å². The van der Waals surface area contributed by atoms with Gasteiger partial charge in [-0.25, -0.2) is 4.79 Å². The van der Waals surface area contributed by atoms with Crippen molar-refractivity contribution >= 4 is 34.3 Å². The number of carbonyl (C=O) groups excluding carboxylic acids is 2. The van der Waals surface area contributed by atoms with E-state index in [0.29, 0.717) is 23.8 Å². The summed E-state index contributed by atoms with van der Waals surface area (Å²) in [4.78, 5) is 26.0. The van der Waals surface area contributed by atoms with Crippen molar-refractivity contribution in [3.63, 3.8) is 0 Å². The number of esters is 1. The van der Waals surface area contributed by atoms with Crippen LogP contribution in [0, 0.1) is 0 Å². The van der Waals surface area contributed by atoms with Crippen molar-refractivity contribution in [3.05, 3.63) is 51.9 Å². The van der Waals surface area contributed by atoms with Gasteiger partial charge in [0.15, 0.2) is 0 Å². The Kier molecular flexibility index (Phi) is 7.47. The highest BCUT2D eigenvalue weighted by Gasteiger charge is 2.27. The monoisotopic (exact) mass is 413 g/mol. The largest absolute Gasteiger partial charge is 0.494 e. The van der Waals surface area contributed by atoms with Crippen molar-refractivity contribution < 1.29 is 19.1 Å². The second-order valence-electron chi connectivity index (χ2n) is 6.88. The molecule has 1 heterocycles. The van der Waals surface area contributed by atoms with Crippen LogP contribution in [0.3, 0.4) is 0 Å². The summed E-state index contributed by atoms with van der Waals surface area (Å²) in [5, 5.41) is 3.45. The molecular weight excluding hydrogens is 386 g/mol. The average molecular weight is 414 g/mol. The molecule has 1 N–H and O–H groups in total. The molecule has 1 aromatic carbocycles. The van der Waals surface area contributed by atoms with Gasteiger partial charge in [-0.05, 0) is 61.9 Å². The first-order valence-electron chi connectivity index (χ1n) is 10.2. The van der Waals surface area contributed by atoms with Crippen LogP contribution in [0.2, 0.25) is 0 Å². The molecule has 0 atom stereocenters. The number of rotatable bonds is 9. The number of amides is 1. The number of carbonyl (C=O) groups is 2. The number of thiophene rings is 1. The van der Waals surface area contributed by atoms with Crippen LogP contribution in [-0.2, 0) is 22.4 Å². The van der Waals surface area contributed by atoms with E-state index in [4.69, 9.17) is 9.47 Å². The lowest BCUT2D eigenvalue weighted by atomic mass is 10.1. The van der Waals surface area contributed by atoms with Gasteiger partial charge in [0.05, 0.1) is 18.8 Å². The maximum absolute atomic E-state index is 12.4. The summed E-state index contributed by atoms with van der Waals surface area (Å²) in [7, 11) is 0. The summed E-state index contributed by atoms with van der Waals surface area (Å²) in [6.45, 7) is 4.93. The zero-order chi connectivity index (χ0) is 20.6. The van der Waals surface area contributed by atoms with Crippen LogP contribution in [-0.4, -0.2) is 25.1 Å². The molecule has 1 aromatic heterocycles. The normalized spacial score (nSPS) is 12.8. The Bertz CT molecular complexity index is 883. The molecule has 2 aromatic rings. The number of fused-ring (bicyclic) bond motifs is 1. The van der Waals surface area contributed by atoms with Gasteiger partial charge in [0.25, 0.3) is 0 Å². The predicted octanol–water partition coefficient (Wildman–Crippen LogP) is 5.24. The third kappa shape index (κ3) is 5.48. The molecule has 0 aliphatic heterocycles. The number of nitrogens with one attached hydrogen (secondary N) is 1. The molecule has 0 bridgehead atoms. The highest BCUT2D eigenvalue weighted by atomic mass is 32.1. The quantitative estimate of drug-likeness (QED) is 0.347.